The maximum Gasteiger partial charge on any atom is 0.182 e. The smallest absolute Gasteiger partial charge is 0.182 e. The number of thiazole rings is 2. The van der Waals surface area contributed by atoms with Gasteiger partial charge in [0.05, 0.1) is 11.0 Å². The van der Waals surface area contributed by atoms with E-state index >= 15 is 0 Å². The Morgan fingerprint density at radius 1 is 1.22 bits per heavy atom. The summed E-state index contributed by atoms with van der Waals surface area (Å²) in [6.45, 7) is 4.12. The fraction of sp³-hybridized carbons (Fsp3) is 0.350. The van der Waals surface area contributed by atoms with E-state index in [0.29, 0.717) is 18.5 Å². The van der Waals surface area contributed by atoms with Crippen LogP contribution in [0.1, 0.15) is 47.3 Å². The number of hydrogen-bond acceptors (Lipinski definition) is 6. The lowest BCUT2D eigenvalue weighted by molar-refractivity contribution is 0.0658. The lowest BCUT2D eigenvalue weighted by atomic mass is 10.0. The molecule has 0 amide bonds. The second-order valence-electron chi connectivity index (χ2n) is 6.52. The topological polar surface area (TPSA) is 52.1 Å². The number of aromatic nitrogens is 2. The van der Waals surface area contributed by atoms with Crippen molar-refractivity contribution >= 4 is 28.5 Å². The van der Waals surface area contributed by atoms with Crippen LogP contribution < -0.4 is 0 Å². The SMILES string of the molecule is COC(c1sc(-c2nccs2)nc1C(=O)CCc1ccc(F)cc1)C(C)C. The van der Waals surface area contributed by atoms with Crippen molar-refractivity contribution in [2.45, 2.75) is 32.8 Å². The Balaban J connectivity index is 1.87. The normalized spacial score (nSPS) is 12.5. The first-order valence-electron chi connectivity index (χ1n) is 8.70. The quantitative estimate of drug-likeness (QED) is 0.461. The number of ether oxygens (including phenoxy) is 1. The average Bonchev–Trinajstić information content (AvgIpc) is 3.31. The van der Waals surface area contributed by atoms with Gasteiger partial charge in [0.15, 0.2) is 15.8 Å². The summed E-state index contributed by atoms with van der Waals surface area (Å²) in [5, 5.41) is 3.44. The van der Waals surface area contributed by atoms with E-state index in [4.69, 9.17) is 4.74 Å². The number of ketones is 1. The Morgan fingerprint density at radius 3 is 2.56 bits per heavy atom. The third kappa shape index (κ3) is 4.66. The minimum absolute atomic E-state index is 0.0314. The molecule has 1 aromatic carbocycles. The van der Waals surface area contributed by atoms with Gasteiger partial charge in [-0.1, -0.05) is 26.0 Å². The summed E-state index contributed by atoms with van der Waals surface area (Å²) in [5.41, 5.74) is 1.39. The van der Waals surface area contributed by atoms with E-state index in [-0.39, 0.29) is 23.6 Å². The molecule has 1 atom stereocenters. The number of benzene rings is 1. The molecule has 0 bridgehead atoms. The van der Waals surface area contributed by atoms with Gasteiger partial charge < -0.3 is 4.74 Å². The molecule has 0 aliphatic heterocycles. The van der Waals surface area contributed by atoms with E-state index < -0.39 is 0 Å². The number of Topliss-reactive ketones (excluding diaryl/α,β-unsaturated/α-hetero) is 1. The Labute approximate surface area is 166 Å². The van der Waals surface area contributed by atoms with Crippen molar-refractivity contribution in [3.05, 3.63) is 57.8 Å². The zero-order valence-corrected chi connectivity index (χ0v) is 17.1. The molecule has 1 unspecified atom stereocenters. The summed E-state index contributed by atoms with van der Waals surface area (Å²) in [4.78, 5) is 22.7. The third-order valence-corrected chi connectivity index (χ3v) is 6.24. The largest absolute Gasteiger partial charge is 0.376 e. The molecule has 0 spiro atoms. The summed E-state index contributed by atoms with van der Waals surface area (Å²) in [7, 11) is 1.65. The highest BCUT2D eigenvalue weighted by Crippen LogP contribution is 2.38. The number of carbonyl (C=O) groups is 1. The molecule has 7 heteroatoms. The maximum atomic E-state index is 13.0. The fourth-order valence-electron chi connectivity index (χ4n) is 2.85. The molecule has 142 valence electrons. The first-order valence-corrected chi connectivity index (χ1v) is 10.4. The molecule has 3 aromatic rings. The summed E-state index contributed by atoms with van der Waals surface area (Å²) in [5.74, 6) is -0.0980. The number of aryl methyl sites for hydroxylation is 1. The summed E-state index contributed by atoms with van der Waals surface area (Å²) in [6, 6.07) is 6.23. The van der Waals surface area contributed by atoms with Gasteiger partial charge in [-0.2, -0.15) is 0 Å². The highest BCUT2D eigenvalue weighted by atomic mass is 32.1. The number of carbonyl (C=O) groups excluding carboxylic acids is 1. The average molecular weight is 405 g/mol. The van der Waals surface area contributed by atoms with Crippen molar-refractivity contribution in [2.24, 2.45) is 5.92 Å². The summed E-state index contributed by atoms with van der Waals surface area (Å²) in [6.07, 6.45) is 2.39. The molecule has 2 aromatic heterocycles. The number of methoxy groups -OCH3 is 1. The van der Waals surface area contributed by atoms with E-state index in [1.54, 1.807) is 25.4 Å². The van der Waals surface area contributed by atoms with Crippen molar-refractivity contribution in [1.29, 1.82) is 0 Å². The van der Waals surface area contributed by atoms with Gasteiger partial charge in [-0.25, -0.2) is 14.4 Å². The highest BCUT2D eigenvalue weighted by Gasteiger charge is 2.27. The number of halogens is 1. The molecule has 0 saturated heterocycles. The fourth-order valence-corrected chi connectivity index (χ4v) is 4.87. The summed E-state index contributed by atoms with van der Waals surface area (Å²) < 4.78 is 18.7. The molecule has 0 fully saturated rings. The van der Waals surface area contributed by atoms with Crippen molar-refractivity contribution in [2.75, 3.05) is 7.11 Å². The molecular weight excluding hydrogens is 383 g/mol. The van der Waals surface area contributed by atoms with Gasteiger partial charge in [0.2, 0.25) is 0 Å². The van der Waals surface area contributed by atoms with E-state index in [2.05, 4.69) is 23.8 Å². The van der Waals surface area contributed by atoms with Crippen molar-refractivity contribution in [3.63, 3.8) is 0 Å². The molecule has 0 aliphatic rings. The van der Waals surface area contributed by atoms with Crippen LogP contribution in [0.4, 0.5) is 4.39 Å². The van der Waals surface area contributed by atoms with Crippen LogP contribution in [0.15, 0.2) is 35.8 Å². The van der Waals surface area contributed by atoms with Gasteiger partial charge in [0.25, 0.3) is 0 Å². The third-order valence-electron chi connectivity index (χ3n) is 4.20. The molecule has 2 heterocycles. The van der Waals surface area contributed by atoms with Crippen LogP contribution >= 0.6 is 22.7 Å². The predicted octanol–water partition coefficient (Wildman–Crippen LogP) is 5.56. The number of nitrogens with zero attached hydrogens (tertiary/aromatic N) is 2. The molecule has 4 nitrogen and oxygen atoms in total. The Bertz CT molecular complexity index is 889. The molecular formula is C20H21FN2O2S2. The van der Waals surface area contributed by atoms with E-state index in [9.17, 15) is 9.18 Å². The van der Waals surface area contributed by atoms with Crippen molar-refractivity contribution in [3.8, 4) is 10.0 Å². The molecule has 0 radical (unpaired) electrons. The first-order chi connectivity index (χ1) is 13.0. The van der Waals surface area contributed by atoms with E-state index in [0.717, 1.165) is 20.5 Å². The van der Waals surface area contributed by atoms with Crippen LogP contribution in [0.25, 0.3) is 10.0 Å². The predicted molar refractivity (Wildman–Crippen MR) is 107 cm³/mol. The van der Waals surface area contributed by atoms with E-state index in [1.165, 1.54) is 34.8 Å². The molecule has 27 heavy (non-hydrogen) atoms. The summed E-state index contributed by atoms with van der Waals surface area (Å²) >= 11 is 2.97. The molecule has 0 saturated carbocycles. The van der Waals surface area contributed by atoms with Crippen molar-refractivity contribution in [1.82, 2.24) is 9.97 Å². The first kappa shape index (κ1) is 19.8. The Kier molecular flexibility index (Phi) is 6.46. The van der Waals surface area contributed by atoms with Gasteiger partial charge in [-0.15, -0.1) is 22.7 Å². The zero-order chi connectivity index (χ0) is 19.4. The number of rotatable bonds is 8. The lowest BCUT2D eigenvalue weighted by Crippen LogP contribution is -2.13. The van der Waals surface area contributed by atoms with Crippen LogP contribution in [0, 0.1) is 11.7 Å². The minimum Gasteiger partial charge on any atom is -0.376 e. The van der Waals surface area contributed by atoms with Gasteiger partial charge in [-0.05, 0) is 30.0 Å². The second kappa shape index (κ2) is 8.82. The van der Waals surface area contributed by atoms with Gasteiger partial charge in [0.1, 0.15) is 11.5 Å². The Hall–Kier alpha value is -1.96. The molecule has 0 aliphatic carbocycles. The van der Waals surface area contributed by atoms with Gasteiger partial charge in [0, 0.05) is 25.1 Å². The second-order valence-corrected chi connectivity index (χ2v) is 8.44. The number of hydrogen-bond donors (Lipinski definition) is 0. The highest BCUT2D eigenvalue weighted by molar-refractivity contribution is 7.20. The van der Waals surface area contributed by atoms with Crippen molar-refractivity contribution < 1.29 is 13.9 Å². The van der Waals surface area contributed by atoms with Crippen LogP contribution in [0.2, 0.25) is 0 Å². The van der Waals surface area contributed by atoms with Gasteiger partial charge >= 0.3 is 0 Å². The monoisotopic (exact) mass is 404 g/mol. The van der Waals surface area contributed by atoms with E-state index in [1.807, 2.05) is 5.38 Å². The lowest BCUT2D eigenvalue weighted by Gasteiger charge is -2.18. The standard InChI is InChI=1S/C20H21FN2O2S2/c1-12(2)17(25-3)18-16(23-20(27-18)19-22-10-11-26-19)15(24)9-6-13-4-7-14(21)8-5-13/h4-5,7-8,10-12,17H,6,9H2,1-3H3. The maximum absolute atomic E-state index is 13.0. The molecule has 0 N–H and O–H groups in total. The van der Waals surface area contributed by atoms with Crippen LogP contribution in [0.5, 0.6) is 0 Å². The van der Waals surface area contributed by atoms with Crippen LogP contribution in [-0.2, 0) is 11.2 Å². The molecule has 3 rings (SSSR count). The van der Waals surface area contributed by atoms with Crippen LogP contribution in [-0.4, -0.2) is 22.9 Å². The zero-order valence-electron chi connectivity index (χ0n) is 15.4. The minimum atomic E-state index is -0.278. The van der Waals surface area contributed by atoms with Gasteiger partial charge in [-0.3, -0.25) is 4.79 Å². The van der Waals surface area contributed by atoms with Crippen LogP contribution in [0.3, 0.4) is 0 Å². The Morgan fingerprint density at radius 2 is 1.96 bits per heavy atom.